The first-order chi connectivity index (χ1) is 15.2. The van der Waals surface area contributed by atoms with Crippen LogP contribution >= 0.6 is 22.7 Å². The van der Waals surface area contributed by atoms with Gasteiger partial charge in [0.1, 0.15) is 15.5 Å². The molecule has 0 atom stereocenters. The number of carbonyl (C=O) groups is 1. The lowest BCUT2D eigenvalue weighted by Crippen LogP contribution is -2.57. The van der Waals surface area contributed by atoms with Gasteiger partial charge in [0.25, 0.3) is 0 Å². The molecule has 0 bridgehead atoms. The van der Waals surface area contributed by atoms with Crippen molar-refractivity contribution in [2.75, 3.05) is 44.7 Å². The molecule has 3 aromatic rings. The number of ether oxygens (including phenoxy) is 1. The lowest BCUT2D eigenvalue weighted by atomic mass is 9.79. The molecular formula is C22H25N5O2S2. The first kappa shape index (κ1) is 19.8. The summed E-state index contributed by atoms with van der Waals surface area (Å²) in [7, 11) is 0. The van der Waals surface area contributed by atoms with Crippen LogP contribution in [0.3, 0.4) is 0 Å². The van der Waals surface area contributed by atoms with Gasteiger partial charge < -0.3 is 20.3 Å². The fraction of sp³-hybridized carbons (Fsp3) is 0.500. The van der Waals surface area contributed by atoms with Gasteiger partial charge in [-0.05, 0) is 31.0 Å². The second-order valence-electron chi connectivity index (χ2n) is 8.81. The van der Waals surface area contributed by atoms with Gasteiger partial charge in [-0.3, -0.25) is 9.78 Å². The summed E-state index contributed by atoms with van der Waals surface area (Å²) in [5.41, 5.74) is 3.72. The van der Waals surface area contributed by atoms with E-state index < -0.39 is 0 Å². The van der Waals surface area contributed by atoms with Crippen LogP contribution in [0.15, 0.2) is 18.5 Å². The molecule has 6 rings (SSSR count). The molecule has 0 aliphatic carbocycles. The van der Waals surface area contributed by atoms with Gasteiger partial charge in [-0.2, -0.15) is 0 Å². The quantitative estimate of drug-likeness (QED) is 0.616. The summed E-state index contributed by atoms with van der Waals surface area (Å²) in [5.74, 6) is 0.0826. The Morgan fingerprint density at radius 3 is 3.13 bits per heavy atom. The molecule has 6 heterocycles. The third-order valence-corrected chi connectivity index (χ3v) is 8.74. The zero-order valence-electron chi connectivity index (χ0n) is 17.3. The van der Waals surface area contributed by atoms with Gasteiger partial charge in [-0.15, -0.1) is 22.7 Å². The highest BCUT2D eigenvalue weighted by Gasteiger charge is 2.45. The molecule has 3 aliphatic rings. The van der Waals surface area contributed by atoms with Gasteiger partial charge in [-0.1, -0.05) is 0 Å². The lowest BCUT2D eigenvalue weighted by molar-refractivity contribution is -0.117. The van der Waals surface area contributed by atoms with Crippen LogP contribution in [0, 0.1) is 5.41 Å². The van der Waals surface area contributed by atoms with Crippen molar-refractivity contribution in [3.63, 3.8) is 0 Å². The van der Waals surface area contributed by atoms with E-state index in [1.54, 1.807) is 28.9 Å². The fourth-order valence-corrected chi connectivity index (χ4v) is 7.25. The number of carbonyl (C=O) groups excluding carboxylic acids is 1. The number of rotatable bonds is 5. The summed E-state index contributed by atoms with van der Waals surface area (Å²) in [6.07, 6.45) is 6.25. The van der Waals surface area contributed by atoms with Crippen molar-refractivity contribution in [3.8, 4) is 10.6 Å². The highest BCUT2D eigenvalue weighted by Crippen LogP contribution is 2.45. The van der Waals surface area contributed by atoms with Gasteiger partial charge in [0.15, 0.2) is 0 Å². The van der Waals surface area contributed by atoms with E-state index in [0.717, 1.165) is 84.6 Å². The third-order valence-electron chi connectivity index (χ3n) is 6.54. The summed E-state index contributed by atoms with van der Waals surface area (Å²) >= 11 is 3.37. The minimum absolute atomic E-state index is 0.0826. The molecule has 31 heavy (non-hydrogen) atoms. The normalized spacial score (nSPS) is 20.1. The number of pyridine rings is 1. The Labute approximate surface area is 188 Å². The molecule has 1 amide bonds. The molecule has 0 saturated carbocycles. The number of likely N-dealkylation sites (tertiary alicyclic amines) is 1. The minimum Gasteiger partial charge on any atom is -0.381 e. The Bertz CT molecular complexity index is 1090. The number of amides is 1. The average molecular weight is 456 g/mol. The Balaban J connectivity index is 1.20. The van der Waals surface area contributed by atoms with Crippen LogP contribution < -0.4 is 10.6 Å². The molecule has 9 heteroatoms. The number of thiazole rings is 1. The van der Waals surface area contributed by atoms with Crippen LogP contribution in [-0.4, -0.2) is 60.2 Å². The maximum atomic E-state index is 12.8. The number of nitrogens with zero attached hydrogens (tertiary/aromatic N) is 3. The van der Waals surface area contributed by atoms with Gasteiger partial charge in [0, 0.05) is 61.3 Å². The Morgan fingerprint density at radius 1 is 1.35 bits per heavy atom. The average Bonchev–Trinajstić information content (AvgIpc) is 3.47. The molecule has 162 valence electrons. The van der Waals surface area contributed by atoms with E-state index in [9.17, 15) is 4.79 Å². The minimum atomic E-state index is 0.0826. The van der Waals surface area contributed by atoms with E-state index in [0.29, 0.717) is 11.8 Å². The van der Waals surface area contributed by atoms with Gasteiger partial charge in [-0.25, -0.2) is 4.98 Å². The third kappa shape index (κ3) is 3.68. The summed E-state index contributed by atoms with van der Waals surface area (Å²) < 4.78 is 6.68. The number of fused-ring (bicyclic) bond motifs is 2. The zero-order valence-corrected chi connectivity index (χ0v) is 18.9. The van der Waals surface area contributed by atoms with Crippen LogP contribution in [0.4, 0.5) is 5.00 Å². The molecule has 2 fully saturated rings. The highest BCUT2D eigenvalue weighted by molar-refractivity contribution is 7.22. The molecule has 0 aromatic carbocycles. The Hall–Kier alpha value is -1.91. The van der Waals surface area contributed by atoms with Crippen molar-refractivity contribution in [3.05, 3.63) is 28.9 Å². The number of anilines is 1. The monoisotopic (exact) mass is 455 g/mol. The van der Waals surface area contributed by atoms with E-state index in [1.807, 2.05) is 12.3 Å². The number of aromatic nitrogens is 2. The maximum Gasteiger partial charge on any atom is 0.226 e. The molecule has 1 spiro atoms. The summed E-state index contributed by atoms with van der Waals surface area (Å²) in [5, 5.41) is 8.59. The molecule has 7 nitrogen and oxygen atoms in total. The van der Waals surface area contributed by atoms with Gasteiger partial charge in [0.05, 0.1) is 17.5 Å². The topological polar surface area (TPSA) is 79.4 Å². The smallest absolute Gasteiger partial charge is 0.226 e. The molecule has 3 aliphatic heterocycles. The predicted molar refractivity (Wildman–Crippen MR) is 124 cm³/mol. The van der Waals surface area contributed by atoms with Crippen LogP contribution in [0.1, 0.15) is 23.3 Å². The van der Waals surface area contributed by atoms with Crippen molar-refractivity contribution in [2.24, 2.45) is 5.41 Å². The number of nitrogens with one attached hydrogen (secondary N) is 2. The van der Waals surface area contributed by atoms with Gasteiger partial charge in [0.2, 0.25) is 5.91 Å². The number of thiophene rings is 1. The number of hydrogen-bond acceptors (Lipinski definition) is 8. The largest absolute Gasteiger partial charge is 0.381 e. The standard InChI is InChI=1S/C22H25N5O2S2/c28-18(3-7-27-11-22(12-27)4-8-29-13-22)26-21-19(14-1-5-24-10-17(14)31-21)20-25-15-9-23-6-2-16(15)30-20/h2,6,9,24H,1,3-5,7-8,10-13H2,(H,26,28). The molecular weight excluding hydrogens is 430 g/mol. The molecule has 3 aromatic heterocycles. The van der Waals surface area contributed by atoms with Crippen LogP contribution in [0.2, 0.25) is 0 Å². The molecule has 0 unspecified atom stereocenters. The first-order valence-corrected chi connectivity index (χ1v) is 12.5. The van der Waals surface area contributed by atoms with Crippen molar-refractivity contribution in [2.45, 2.75) is 25.8 Å². The van der Waals surface area contributed by atoms with E-state index >= 15 is 0 Å². The highest BCUT2D eigenvalue weighted by atomic mass is 32.1. The Kier molecular flexibility index (Phi) is 5.03. The van der Waals surface area contributed by atoms with E-state index in [2.05, 4.69) is 20.5 Å². The van der Waals surface area contributed by atoms with Crippen molar-refractivity contribution in [1.82, 2.24) is 20.2 Å². The summed E-state index contributed by atoms with van der Waals surface area (Å²) in [6, 6.07) is 2.00. The molecule has 2 N–H and O–H groups in total. The Morgan fingerprint density at radius 2 is 2.29 bits per heavy atom. The first-order valence-electron chi connectivity index (χ1n) is 10.9. The van der Waals surface area contributed by atoms with E-state index in [1.165, 1.54) is 10.4 Å². The van der Waals surface area contributed by atoms with Gasteiger partial charge >= 0.3 is 0 Å². The lowest BCUT2D eigenvalue weighted by Gasteiger charge is -2.47. The molecule has 0 radical (unpaired) electrons. The SMILES string of the molecule is O=C(CCN1CC2(CCOC2)C1)Nc1sc2c(c1-c1nc3cnccc3s1)CCNC2. The van der Waals surface area contributed by atoms with Crippen molar-refractivity contribution in [1.29, 1.82) is 0 Å². The fourth-order valence-electron chi connectivity index (χ4n) is 4.94. The van der Waals surface area contributed by atoms with E-state index in [4.69, 9.17) is 9.72 Å². The molecule has 2 saturated heterocycles. The second-order valence-corrected chi connectivity index (χ2v) is 10.9. The van der Waals surface area contributed by atoms with Crippen molar-refractivity contribution >= 4 is 43.8 Å². The zero-order chi connectivity index (χ0) is 20.8. The number of hydrogen-bond donors (Lipinski definition) is 2. The second kappa shape index (κ2) is 7.90. The van der Waals surface area contributed by atoms with Crippen LogP contribution in [-0.2, 0) is 22.5 Å². The van der Waals surface area contributed by atoms with Crippen molar-refractivity contribution < 1.29 is 9.53 Å². The summed E-state index contributed by atoms with van der Waals surface area (Å²) in [6.45, 7) is 6.50. The predicted octanol–water partition coefficient (Wildman–Crippen LogP) is 3.12. The van der Waals surface area contributed by atoms with E-state index in [-0.39, 0.29) is 5.91 Å². The maximum absolute atomic E-state index is 12.8. The van der Waals surface area contributed by atoms with Crippen LogP contribution in [0.25, 0.3) is 20.8 Å². The summed E-state index contributed by atoms with van der Waals surface area (Å²) in [4.78, 5) is 25.6. The van der Waals surface area contributed by atoms with Crippen LogP contribution in [0.5, 0.6) is 0 Å².